The van der Waals surface area contributed by atoms with Crippen LogP contribution in [0.4, 0.5) is 8.78 Å². The van der Waals surface area contributed by atoms with E-state index in [0.717, 1.165) is 13.2 Å². The summed E-state index contributed by atoms with van der Waals surface area (Å²) in [5.74, 6) is -2.84. The first-order valence-electron chi connectivity index (χ1n) is 3.70. The van der Waals surface area contributed by atoms with Gasteiger partial charge in [0.1, 0.15) is 0 Å². The summed E-state index contributed by atoms with van der Waals surface area (Å²) in [5, 5.41) is 0. The van der Waals surface area contributed by atoms with Gasteiger partial charge in [0.05, 0.1) is 19.8 Å². The van der Waals surface area contributed by atoms with Crippen molar-refractivity contribution in [1.82, 2.24) is 0 Å². The van der Waals surface area contributed by atoms with Gasteiger partial charge in [0.2, 0.25) is 5.82 Å². The highest BCUT2D eigenvalue weighted by molar-refractivity contribution is 5.80. The minimum absolute atomic E-state index is 0.191. The molecule has 5 heteroatoms. The third kappa shape index (κ3) is 1.53. The van der Waals surface area contributed by atoms with Crippen molar-refractivity contribution in [2.24, 2.45) is 0 Å². The van der Waals surface area contributed by atoms with Crippen LogP contribution in [0.25, 0.3) is 0 Å². The smallest absolute Gasteiger partial charge is 0.210 e. The molecule has 0 heterocycles. The molecule has 1 aromatic rings. The molecule has 14 heavy (non-hydrogen) atoms. The Morgan fingerprint density at radius 1 is 1.21 bits per heavy atom. The molecule has 0 atom stereocenters. The summed E-state index contributed by atoms with van der Waals surface area (Å²) in [6.45, 7) is 0. The van der Waals surface area contributed by atoms with Crippen LogP contribution in [0.1, 0.15) is 10.4 Å². The molecule has 0 aliphatic heterocycles. The second-order valence-electron chi connectivity index (χ2n) is 2.45. The van der Waals surface area contributed by atoms with Gasteiger partial charge in [-0.1, -0.05) is 0 Å². The average Bonchev–Trinajstić information content (AvgIpc) is 2.17. The number of aldehydes is 1. The van der Waals surface area contributed by atoms with E-state index in [0.29, 0.717) is 6.29 Å². The van der Waals surface area contributed by atoms with E-state index in [4.69, 9.17) is 0 Å². The third-order valence-corrected chi connectivity index (χ3v) is 1.70. The van der Waals surface area contributed by atoms with Crippen LogP contribution < -0.4 is 9.47 Å². The van der Waals surface area contributed by atoms with E-state index >= 15 is 0 Å². The Hall–Kier alpha value is -1.65. The van der Waals surface area contributed by atoms with Crippen molar-refractivity contribution in [3.05, 3.63) is 23.3 Å². The van der Waals surface area contributed by atoms with Crippen molar-refractivity contribution in [3.8, 4) is 11.5 Å². The molecule has 0 amide bonds. The maximum Gasteiger partial charge on any atom is 0.210 e. The molecule has 0 aliphatic carbocycles. The van der Waals surface area contributed by atoms with Crippen LogP contribution in [0.3, 0.4) is 0 Å². The third-order valence-electron chi connectivity index (χ3n) is 1.70. The summed E-state index contributed by atoms with van der Waals surface area (Å²) in [5.41, 5.74) is -0.191. The molecule has 3 nitrogen and oxygen atoms in total. The number of carbonyl (C=O) groups excluding carboxylic acids is 1. The molecule has 0 N–H and O–H groups in total. The van der Waals surface area contributed by atoms with Crippen LogP contribution in [0, 0.1) is 11.6 Å². The van der Waals surface area contributed by atoms with Crippen LogP contribution >= 0.6 is 0 Å². The molecule has 0 aromatic heterocycles. The Balaban J connectivity index is 3.46. The summed E-state index contributed by atoms with van der Waals surface area (Å²) >= 11 is 0. The molecule has 76 valence electrons. The van der Waals surface area contributed by atoms with E-state index in [1.54, 1.807) is 0 Å². The topological polar surface area (TPSA) is 35.5 Å². The molecule has 0 spiro atoms. The lowest BCUT2D eigenvalue weighted by Crippen LogP contribution is -2.00. The first kappa shape index (κ1) is 10.4. The molecule has 0 unspecified atom stereocenters. The van der Waals surface area contributed by atoms with Gasteiger partial charge in [-0.05, 0) is 6.07 Å². The highest BCUT2D eigenvalue weighted by Gasteiger charge is 2.19. The van der Waals surface area contributed by atoms with E-state index in [1.807, 2.05) is 0 Å². The fourth-order valence-electron chi connectivity index (χ4n) is 1.08. The maximum absolute atomic E-state index is 13.3. The quantitative estimate of drug-likeness (QED) is 0.701. The lowest BCUT2D eigenvalue weighted by Gasteiger charge is -2.09. The summed E-state index contributed by atoms with van der Waals surface area (Å²) in [6.07, 6.45) is 0.310. The molecule has 1 rings (SSSR count). The normalized spacial score (nSPS) is 9.71. The van der Waals surface area contributed by atoms with Crippen molar-refractivity contribution in [2.45, 2.75) is 0 Å². The number of ether oxygens (including phenoxy) is 2. The van der Waals surface area contributed by atoms with Crippen molar-refractivity contribution in [3.63, 3.8) is 0 Å². The number of hydrogen-bond donors (Lipinski definition) is 0. The van der Waals surface area contributed by atoms with E-state index < -0.39 is 17.4 Å². The van der Waals surface area contributed by atoms with E-state index in [-0.39, 0.29) is 11.3 Å². The molecule has 0 saturated carbocycles. The van der Waals surface area contributed by atoms with E-state index in [1.165, 1.54) is 7.11 Å². The Morgan fingerprint density at radius 3 is 2.21 bits per heavy atom. The van der Waals surface area contributed by atoms with E-state index in [9.17, 15) is 13.6 Å². The van der Waals surface area contributed by atoms with Gasteiger partial charge in [0.15, 0.2) is 23.6 Å². The van der Waals surface area contributed by atoms with Gasteiger partial charge >= 0.3 is 0 Å². The summed E-state index contributed by atoms with van der Waals surface area (Å²) < 4.78 is 35.5. The number of hydrogen-bond acceptors (Lipinski definition) is 3. The Bertz CT molecular complexity index is 364. The minimum atomic E-state index is -1.02. The molecular weight excluding hydrogens is 194 g/mol. The van der Waals surface area contributed by atoms with Gasteiger partial charge in [-0.15, -0.1) is 0 Å². The Labute approximate surface area is 79.2 Å². The van der Waals surface area contributed by atoms with Gasteiger partial charge in [0, 0.05) is 0 Å². The molecule has 0 saturated heterocycles. The van der Waals surface area contributed by atoms with Crippen molar-refractivity contribution in [2.75, 3.05) is 14.2 Å². The van der Waals surface area contributed by atoms with Gasteiger partial charge in [0.25, 0.3) is 0 Å². The van der Waals surface area contributed by atoms with Crippen molar-refractivity contribution in [1.29, 1.82) is 0 Å². The maximum atomic E-state index is 13.3. The van der Waals surface area contributed by atoms with Crippen LogP contribution in [0.15, 0.2) is 6.07 Å². The van der Waals surface area contributed by atoms with Crippen LogP contribution in [-0.4, -0.2) is 20.5 Å². The lowest BCUT2D eigenvalue weighted by atomic mass is 10.2. The zero-order valence-electron chi connectivity index (χ0n) is 7.64. The predicted molar refractivity (Wildman–Crippen MR) is 44.8 cm³/mol. The van der Waals surface area contributed by atoms with E-state index in [2.05, 4.69) is 9.47 Å². The molecule has 0 bridgehead atoms. The lowest BCUT2D eigenvalue weighted by molar-refractivity contribution is 0.111. The largest absolute Gasteiger partial charge is 0.493 e. The number of rotatable bonds is 3. The van der Waals surface area contributed by atoms with Crippen molar-refractivity contribution < 1.29 is 23.0 Å². The monoisotopic (exact) mass is 202 g/mol. The van der Waals surface area contributed by atoms with Gasteiger partial charge in [-0.3, -0.25) is 4.79 Å². The first-order valence-corrected chi connectivity index (χ1v) is 3.70. The molecular formula is C9H8F2O3. The highest BCUT2D eigenvalue weighted by Crippen LogP contribution is 2.31. The minimum Gasteiger partial charge on any atom is -0.493 e. The standard InChI is InChI=1S/C9H8F2O3/c1-13-8-5(4-12)3-6(10)9(14-2)7(8)11/h3-4H,1-2H3. The van der Waals surface area contributed by atoms with Gasteiger partial charge in [-0.25, -0.2) is 4.39 Å². The number of methoxy groups -OCH3 is 2. The molecule has 0 fully saturated rings. The first-order chi connectivity index (χ1) is 6.65. The van der Waals surface area contributed by atoms with Gasteiger partial charge in [-0.2, -0.15) is 4.39 Å². The fraction of sp³-hybridized carbons (Fsp3) is 0.222. The van der Waals surface area contributed by atoms with Crippen LogP contribution in [-0.2, 0) is 0 Å². The average molecular weight is 202 g/mol. The number of benzene rings is 1. The Kier molecular flexibility index (Phi) is 3.01. The fourth-order valence-corrected chi connectivity index (χ4v) is 1.08. The second-order valence-corrected chi connectivity index (χ2v) is 2.45. The highest BCUT2D eigenvalue weighted by atomic mass is 19.1. The molecule has 1 aromatic carbocycles. The van der Waals surface area contributed by atoms with Gasteiger partial charge < -0.3 is 9.47 Å². The zero-order chi connectivity index (χ0) is 10.7. The Morgan fingerprint density at radius 2 is 1.79 bits per heavy atom. The van der Waals surface area contributed by atoms with Crippen molar-refractivity contribution >= 4 is 6.29 Å². The zero-order valence-corrected chi connectivity index (χ0v) is 7.64. The number of carbonyl (C=O) groups is 1. The van der Waals surface area contributed by atoms with Crippen LogP contribution in [0.2, 0.25) is 0 Å². The summed E-state index contributed by atoms with van der Waals surface area (Å²) in [7, 11) is 2.31. The number of halogens is 2. The summed E-state index contributed by atoms with van der Waals surface area (Å²) in [4.78, 5) is 10.4. The second kappa shape index (κ2) is 4.04. The summed E-state index contributed by atoms with van der Waals surface area (Å²) in [6, 6.07) is 0.855. The van der Waals surface area contributed by atoms with Crippen LogP contribution in [0.5, 0.6) is 11.5 Å². The molecule has 0 radical (unpaired) electrons. The predicted octanol–water partition coefficient (Wildman–Crippen LogP) is 1.79. The SMILES string of the molecule is COc1c(F)cc(C=O)c(OC)c1F. The molecule has 0 aliphatic rings.